The van der Waals surface area contributed by atoms with Crippen LogP contribution in [0.4, 0.5) is 0 Å². The molecule has 0 radical (unpaired) electrons. The van der Waals surface area contributed by atoms with Crippen molar-refractivity contribution in [1.82, 2.24) is 10.3 Å². The molecule has 1 aromatic heterocycles. The van der Waals surface area contributed by atoms with E-state index < -0.39 is 11.9 Å². The van der Waals surface area contributed by atoms with Gasteiger partial charge in [-0.3, -0.25) is 4.79 Å². The second-order valence-electron chi connectivity index (χ2n) is 6.88. The number of hydrogen-bond donors (Lipinski definition) is 1. The van der Waals surface area contributed by atoms with Crippen LogP contribution in [0.1, 0.15) is 44.8 Å². The molecule has 0 aliphatic heterocycles. The molecule has 160 valence electrons. The summed E-state index contributed by atoms with van der Waals surface area (Å²) >= 11 is 12.2. The molecule has 1 heterocycles. The molecule has 0 saturated heterocycles. The summed E-state index contributed by atoms with van der Waals surface area (Å²) in [6.45, 7) is 3.71. The van der Waals surface area contributed by atoms with Crippen LogP contribution in [0.25, 0.3) is 0 Å². The van der Waals surface area contributed by atoms with Crippen LogP contribution in [0.5, 0.6) is 11.6 Å². The molecular weight excluding hydrogens is 439 g/mol. The number of rotatable bonds is 6. The highest BCUT2D eigenvalue weighted by Crippen LogP contribution is 2.29. The van der Waals surface area contributed by atoms with E-state index in [1.807, 2.05) is 13.8 Å². The summed E-state index contributed by atoms with van der Waals surface area (Å²) in [6.07, 6.45) is 1.40. The number of methoxy groups -OCH3 is 1. The predicted molar refractivity (Wildman–Crippen MR) is 119 cm³/mol. The Balaban J connectivity index is 1.80. The van der Waals surface area contributed by atoms with Crippen LogP contribution in [0.2, 0.25) is 10.0 Å². The van der Waals surface area contributed by atoms with E-state index in [0.29, 0.717) is 21.4 Å². The van der Waals surface area contributed by atoms with Crippen LogP contribution in [0.3, 0.4) is 0 Å². The number of carbonyl (C=O) groups excluding carboxylic acids is 2. The largest absolute Gasteiger partial charge is 0.465 e. The van der Waals surface area contributed by atoms with Gasteiger partial charge >= 0.3 is 5.97 Å². The maximum Gasteiger partial charge on any atom is 0.337 e. The van der Waals surface area contributed by atoms with Crippen LogP contribution in [-0.4, -0.2) is 24.0 Å². The van der Waals surface area contributed by atoms with Gasteiger partial charge in [-0.15, -0.1) is 0 Å². The van der Waals surface area contributed by atoms with Crippen LogP contribution in [0, 0.1) is 6.92 Å². The Bertz CT molecular complexity index is 1100. The van der Waals surface area contributed by atoms with Crippen LogP contribution >= 0.6 is 23.2 Å². The lowest BCUT2D eigenvalue weighted by Gasteiger charge is -2.16. The third-order valence-electron chi connectivity index (χ3n) is 4.47. The first-order valence-corrected chi connectivity index (χ1v) is 10.1. The number of amides is 1. The minimum atomic E-state index is -0.425. The van der Waals surface area contributed by atoms with Crippen molar-refractivity contribution in [3.05, 3.63) is 87.0 Å². The van der Waals surface area contributed by atoms with Gasteiger partial charge in [0.25, 0.3) is 5.91 Å². The SMILES string of the molecule is COC(=O)c1ccc([C@H](C)NC(=O)c2cc(Cl)cnc2Oc2cc(C)cc(Cl)c2)cc1. The number of nitrogens with one attached hydrogen (secondary N) is 1. The Labute approximate surface area is 190 Å². The number of esters is 1. The van der Waals surface area contributed by atoms with Gasteiger partial charge in [0.05, 0.1) is 23.7 Å². The fourth-order valence-corrected chi connectivity index (χ4v) is 3.37. The molecule has 1 atom stereocenters. The maximum atomic E-state index is 13.0. The van der Waals surface area contributed by atoms with Gasteiger partial charge in [-0.2, -0.15) is 0 Å². The summed E-state index contributed by atoms with van der Waals surface area (Å²) in [5.41, 5.74) is 2.33. The summed E-state index contributed by atoms with van der Waals surface area (Å²) in [7, 11) is 1.32. The van der Waals surface area contributed by atoms with Gasteiger partial charge in [0, 0.05) is 11.2 Å². The molecule has 31 heavy (non-hydrogen) atoms. The molecule has 3 aromatic rings. The lowest BCUT2D eigenvalue weighted by molar-refractivity contribution is 0.0600. The van der Waals surface area contributed by atoms with Crippen LogP contribution < -0.4 is 10.1 Å². The van der Waals surface area contributed by atoms with E-state index in [1.165, 1.54) is 19.4 Å². The van der Waals surface area contributed by atoms with Crippen LogP contribution in [0.15, 0.2) is 54.7 Å². The van der Waals surface area contributed by atoms with Crippen molar-refractivity contribution >= 4 is 35.1 Å². The first-order chi connectivity index (χ1) is 14.8. The third-order valence-corrected chi connectivity index (χ3v) is 4.90. The summed E-state index contributed by atoms with van der Waals surface area (Å²) < 4.78 is 10.5. The van der Waals surface area contributed by atoms with E-state index >= 15 is 0 Å². The minimum absolute atomic E-state index is 0.108. The second kappa shape index (κ2) is 9.81. The fourth-order valence-electron chi connectivity index (χ4n) is 2.93. The van der Waals surface area contributed by atoms with Gasteiger partial charge in [-0.25, -0.2) is 9.78 Å². The number of carbonyl (C=O) groups is 2. The first-order valence-electron chi connectivity index (χ1n) is 9.36. The van der Waals surface area contributed by atoms with E-state index in [2.05, 4.69) is 10.3 Å². The molecule has 0 saturated carbocycles. The van der Waals surface area contributed by atoms with Gasteiger partial charge in [-0.1, -0.05) is 35.3 Å². The van der Waals surface area contributed by atoms with Crippen molar-refractivity contribution in [2.45, 2.75) is 19.9 Å². The Morgan fingerprint density at radius 3 is 2.39 bits per heavy atom. The lowest BCUT2D eigenvalue weighted by Crippen LogP contribution is -2.27. The minimum Gasteiger partial charge on any atom is -0.465 e. The topological polar surface area (TPSA) is 77.5 Å². The van der Waals surface area contributed by atoms with Crippen molar-refractivity contribution in [1.29, 1.82) is 0 Å². The molecule has 8 heteroatoms. The average molecular weight is 459 g/mol. The summed E-state index contributed by atoms with van der Waals surface area (Å²) in [4.78, 5) is 28.7. The van der Waals surface area contributed by atoms with Gasteiger partial charge in [0.1, 0.15) is 11.3 Å². The predicted octanol–water partition coefficient (Wildman–Crippen LogP) is 5.77. The molecule has 0 spiro atoms. The molecule has 0 unspecified atom stereocenters. The zero-order valence-electron chi connectivity index (χ0n) is 17.1. The normalized spacial score (nSPS) is 11.5. The number of nitrogens with zero attached hydrogens (tertiary/aromatic N) is 1. The smallest absolute Gasteiger partial charge is 0.337 e. The van der Waals surface area contributed by atoms with E-state index in [0.717, 1.165) is 11.1 Å². The highest BCUT2D eigenvalue weighted by Gasteiger charge is 2.19. The number of benzene rings is 2. The molecule has 0 aliphatic rings. The van der Waals surface area contributed by atoms with Gasteiger partial charge < -0.3 is 14.8 Å². The maximum absolute atomic E-state index is 13.0. The fraction of sp³-hybridized carbons (Fsp3) is 0.174. The zero-order chi connectivity index (χ0) is 22.5. The number of aromatic nitrogens is 1. The second-order valence-corrected chi connectivity index (χ2v) is 7.75. The molecule has 3 rings (SSSR count). The van der Waals surface area contributed by atoms with E-state index in [-0.39, 0.29) is 17.5 Å². The summed E-state index contributed by atoms with van der Waals surface area (Å²) in [5, 5.41) is 3.71. The van der Waals surface area contributed by atoms with Crippen LogP contribution in [-0.2, 0) is 4.74 Å². The average Bonchev–Trinajstić information content (AvgIpc) is 2.73. The molecular formula is C23H20Cl2N2O4. The molecule has 1 amide bonds. The van der Waals surface area contributed by atoms with Crippen molar-refractivity contribution < 1.29 is 19.1 Å². The third kappa shape index (κ3) is 5.75. The Hall–Kier alpha value is -3.09. The molecule has 6 nitrogen and oxygen atoms in total. The highest BCUT2D eigenvalue weighted by molar-refractivity contribution is 6.31. The van der Waals surface area contributed by atoms with Gasteiger partial charge in [0.2, 0.25) is 5.88 Å². The molecule has 2 aromatic carbocycles. The monoisotopic (exact) mass is 458 g/mol. The van der Waals surface area contributed by atoms with Gasteiger partial charge in [0.15, 0.2) is 0 Å². The molecule has 0 bridgehead atoms. The Morgan fingerprint density at radius 2 is 1.74 bits per heavy atom. The van der Waals surface area contributed by atoms with Crippen molar-refractivity contribution in [3.63, 3.8) is 0 Å². The molecule has 1 N–H and O–H groups in total. The number of pyridine rings is 1. The number of halogens is 2. The lowest BCUT2D eigenvalue weighted by atomic mass is 10.1. The zero-order valence-corrected chi connectivity index (χ0v) is 18.6. The van der Waals surface area contributed by atoms with Crippen molar-refractivity contribution in [3.8, 4) is 11.6 Å². The van der Waals surface area contributed by atoms with E-state index in [1.54, 1.807) is 42.5 Å². The van der Waals surface area contributed by atoms with Crippen molar-refractivity contribution in [2.75, 3.05) is 7.11 Å². The Kier molecular flexibility index (Phi) is 7.15. The van der Waals surface area contributed by atoms with Crippen molar-refractivity contribution in [2.24, 2.45) is 0 Å². The number of aryl methyl sites for hydroxylation is 1. The highest BCUT2D eigenvalue weighted by atomic mass is 35.5. The first kappa shape index (κ1) is 22.6. The van der Waals surface area contributed by atoms with E-state index in [4.69, 9.17) is 32.7 Å². The standard InChI is InChI=1S/C23H20Cl2N2O4/c1-13-8-17(24)10-19(9-13)31-22-20(11-18(25)12-26-22)21(28)27-14(2)15-4-6-16(7-5-15)23(29)30-3/h4-12,14H,1-3H3,(H,27,28)/t14-/m0/s1. The Morgan fingerprint density at radius 1 is 1.03 bits per heavy atom. The quantitative estimate of drug-likeness (QED) is 0.474. The van der Waals surface area contributed by atoms with E-state index in [9.17, 15) is 9.59 Å². The summed E-state index contributed by atoms with van der Waals surface area (Å²) in [5.74, 6) is -0.267. The van der Waals surface area contributed by atoms with Gasteiger partial charge in [-0.05, 0) is 61.4 Å². The molecule has 0 aliphatic carbocycles. The molecule has 0 fully saturated rings. The number of hydrogen-bond acceptors (Lipinski definition) is 5. The number of ether oxygens (including phenoxy) is 2. The summed E-state index contributed by atoms with van der Waals surface area (Å²) in [6, 6.07) is 13.1.